The topological polar surface area (TPSA) is 12.0 Å². The van der Waals surface area contributed by atoms with Gasteiger partial charge in [0.05, 0.1) is 0 Å². The molecule has 1 rings (SSSR count). The zero-order valence-corrected chi connectivity index (χ0v) is 4.72. The number of nitrogens with one attached hydrogen (secondary N) is 1. The summed E-state index contributed by atoms with van der Waals surface area (Å²) in [6.07, 6.45) is -1.23. The van der Waals surface area contributed by atoms with E-state index in [-0.39, 0.29) is 10.2 Å². The van der Waals surface area contributed by atoms with Gasteiger partial charge < -0.3 is 5.32 Å². The van der Waals surface area contributed by atoms with Crippen molar-refractivity contribution in [2.24, 2.45) is 0 Å². The van der Waals surface area contributed by atoms with Gasteiger partial charge in [0.15, 0.2) is 0 Å². The molecule has 0 aromatic heterocycles. The molecule has 0 saturated heterocycles. The molecular formula is C3H2Cl2FN. The molecule has 1 aliphatic heterocycles. The van der Waals surface area contributed by atoms with Crippen molar-refractivity contribution >= 4 is 23.2 Å². The summed E-state index contributed by atoms with van der Waals surface area (Å²) in [5.41, 5.74) is 0. The number of alkyl halides is 1. The van der Waals surface area contributed by atoms with Crippen LogP contribution in [0.25, 0.3) is 0 Å². The smallest absolute Gasteiger partial charge is 0.210 e. The van der Waals surface area contributed by atoms with Crippen molar-refractivity contribution < 1.29 is 4.39 Å². The summed E-state index contributed by atoms with van der Waals surface area (Å²) in [5.74, 6) is 0. The van der Waals surface area contributed by atoms with Crippen molar-refractivity contribution in [2.45, 2.75) is 6.30 Å². The van der Waals surface area contributed by atoms with Gasteiger partial charge in [-0.1, -0.05) is 23.2 Å². The average molecular weight is 142 g/mol. The molecule has 0 spiro atoms. The lowest BCUT2D eigenvalue weighted by Gasteiger charge is -2.20. The monoisotopic (exact) mass is 141 g/mol. The van der Waals surface area contributed by atoms with Crippen molar-refractivity contribution in [2.75, 3.05) is 0 Å². The largest absolute Gasteiger partial charge is 0.341 e. The van der Waals surface area contributed by atoms with Crippen LogP contribution < -0.4 is 5.32 Å². The molecule has 4 heteroatoms. The van der Waals surface area contributed by atoms with E-state index in [0.717, 1.165) is 0 Å². The van der Waals surface area contributed by atoms with E-state index in [9.17, 15) is 4.39 Å². The maximum atomic E-state index is 11.8. The van der Waals surface area contributed by atoms with Crippen molar-refractivity contribution in [1.29, 1.82) is 0 Å². The van der Waals surface area contributed by atoms with Crippen LogP contribution in [0.2, 0.25) is 0 Å². The van der Waals surface area contributed by atoms with Gasteiger partial charge in [-0.3, -0.25) is 0 Å². The molecule has 0 aliphatic carbocycles. The molecule has 7 heavy (non-hydrogen) atoms. The lowest BCUT2D eigenvalue weighted by Crippen LogP contribution is -2.33. The van der Waals surface area contributed by atoms with E-state index in [0.29, 0.717) is 0 Å². The minimum Gasteiger partial charge on any atom is -0.341 e. The first-order valence-electron chi connectivity index (χ1n) is 1.67. The zero-order valence-electron chi connectivity index (χ0n) is 3.21. The van der Waals surface area contributed by atoms with Gasteiger partial charge in [0.25, 0.3) is 0 Å². The highest BCUT2D eigenvalue weighted by molar-refractivity contribution is 6.40. The first-order valence-corrected chi connectivity index (χ1v) is 2.43. The lowest BCUT2D eigenvalue weighted by atomic mass is 10.4. The summed E-state index contributed by atoms with van der Waals surface area (Å²) in [4.78, 5) is 0. The van der Waals surface area contributed by atoms with E-state index in [4.69, 9.17) is 23.2 Å². The quantitative estimate of drug-likeness (QED) is 0.505. The Kier molecular flexibility index (Phi) is 1.13. The van der Waals surface area contributed by atoms with Crippen LogP contribution >= 0.6 is 23.2 Å². The second-order valence-electron chi connectivity index (χ2n) is 1.17. The van der Waals surface area contributed by atoms with Crippen molar-refractivity contribution in [3.63, 3.8) is 0 Å². The minimum atomic E-state index is -1.23. The van der Waals surface area contributed by atoms with Crippen molar-refractivity contribution in [3.05, 3.63) is 10.2 Å². The summed E-state index contributed by atoms with van der Waals surface area (Å²) in [6.45, 7) is 0. The van der Waals surface area contributed by atoms with Crippen LogP contribution in [-0.2, 0) is 0 Å². The van der Waals surface area contributed by atoms with Crippen LogP contribution in [0, 0.1) is 0 Å². The molecule has 1 N–H and O–H groups in total. The highest BCUT2D eigenvalue weighted by Gasteiger charge is 2.24. The molecule has 0 bridgehead atoms. The summed E-state index contributed by atoms with van der Waals surface area (Å²) in [6, 6.07) is 0. The maximum absolute atomic E-state index is 11.8. The Morgan fingerprint density at radius 2 is 2.14 bits per heavy atom. The van der Waals surface area contributed by atoms with Gasteiger partial charge in [-0.25, -0.2) is 4.39 Å². The molecule has 1 heterocycles. The van der Waals surface area contributed by atoms with Crippen LogP contribution in [0.3, 0.4) is 0 Å². The summed E-state index contributed by atoms with van der Waals surface area (Å²) in [5, 5.41) is 2.49. The summed E-state index contributed by atoms with van der Waals surface area (Å²) >= 11 is 10.4. The Balaban J connectivity index is 2.65. The molecule has 0 unspecified atom stereocenters. The second-order valence-corrected chi connectivity index (χ2v) is 1.95. The van der Waals surface area contributed by atoms with Gasteiger partial charge in [0, 0.05) is 0 Å². The van der Waals surface area contributed by atoms with Crippen molar-refractivity contribution in [1.82, 2.24) is 5.32 Å². The van der Waals surface area contributed by atoms with E-state index in [1.54, 1.807) is 0 Å². The Morgan fingerprint density at radius 3 is 2.14 bits per heavy atom. The third kappa shape index (κ3) is 0.683. The van der Waals surface area contributed by atoms with E-state index in [2.05, 4.69) is 5.32 Å². The van der Waals surface area contributed by atoms with E-state index in [1.807, 2.05) is 0 Å². The first-order chi connectivity index (χ1) is 3.22. The van der Waals surface area contributed by atoms with Gasteiger partial charge in [-0.15, -0.1) is 0 Å². The predicted octanol–water partition coefficient (Wildman–Crippen LogP) is 1.53. The molecule has 0 saturated carbocycles. The van der Waals surface area contributed by atoms with Gasteiger partial charge >= 0.3 is 0 Å². The van der Waals surface area contributed by atoms with Gasteiger partial charge in [-0.05, 0) is 0 Å². The van der Waals surface area contributed by atoms with Crippen LogP contribution in [0.15, 0.2) is 10.2 Å². The van der Waals surface area contributed by atoms with Crippen LogP contribution in [0.4, 0.5) is 4.39 Å². The van der Waals surface area contributed by atoms with Gasteiger partial charge in [0.2, 0.25) is 6.30 Å². The first kappa shape index (κ1) is 5.19. The molecule has 0 radical (unpaired) electrons. The number of rotatable bonds is 0. The standard InChI is InChI=1S/C3H2Cl2FN/c4-1-2(5)7-3(1)6/h3,7H/t3-/m1/s1. The van der Waals surface area contributed by atoms with E-state index in [1.165, 1.54) is 0 Å². The Bertz CT molecular complexity index is 122. The Hall–Kier alpha value is 0.0500. The third-order valence-electron chi connectivity index (χ3n) is 0.686. The minimum absolute atomic E-state index is 0.0710. The molecular weight excluding hydrogens is 140 g/mol. The summed E-state index contributed by atoms with van der Waals surface area (Å²) < 4.78 is 11.8. The average Bonchev–Trinajstić information content (AvgIpc) is 1.68. The number of hydrogen-bond acceptors (Lipinski definition) is 1. The van der Waals surface area contributed by atoms with Crippen molar-refractivity contribution in [3.8, 4) is 0 Å². The fraction of sp³-hybridized carbons (Fsp3) is 0.333. The molecule has 0 amide bonds. The fourth-order valence-corrected chi connectivity index (χ4v) is 0.578. The molecule has 0 aromatic carbocycles. The SMILES string of the molecule is F[C@@H]1NC(Cl)=C1Cl. The number of hydrogen-bond donors (Lipinski definition) is 1. The number of halogens is 3. The van der Waals surface area contributed by atoms with Crippen LogP contribution in [0.5, 0.6) is 0 Å². The van der Waals surface area contributed by atoms with Gasteiger partial charge in [-0.2, -0.15) is 0 Å². The third-order valence-corrected chi connectivity index (χ3v) is 1.48. The maximum Gasteiger partial charge on any atom is 0.210 e. The molecule has 0 aromatic rings. The molecule has 40 valence electrons. The summed E-state index contributed by atoms with van der Waals surface area (Å²) in [7, 11) is 0. The highest BCUT2D eigenvalue weighted by Crippen LogP contribution is 2.25. The Labute approximate surface area is 50.1 Å². The van der Waals surface area contributed by atoms with Crippen LogP contribution in [0.1, 0.15) is 0 Å². The predicted molar refractivity (Wildman–Crippen MR) is 26.8 cm³/mol. The highest BCUT2D eigenvalue weighted by atomic mass is 35.5. The molecule has 1 nitrogen and oxygen atoms in total. The lowest BCUT2D eigenvalue weighted by molar-refractivity contribution is 0.324. The van der Waals surface area contributed by atoms with Crippen LogP contribution in [-0.4, -0.2) is 6.30 Å². The fourth-order valence-electron chi connectivity index (χ4n) is 0.277. The zero-order chi connectivity index (χ0) is 5.44. The second kappa shape index (κ2) is 1.53. The Morgan fingerprint density at radius 1 is 1.57 bits per heavy atom. The molecule has 0 fully saturated rings. The molecule has 1 atom stereocenters. The van der Waals surface area contributed by atoms with Gasteiger partial charge in [0.1, 0.15) is 10.2 Å². The normalized spacial score (nSPS) is 29.3. The van der Waals surface area contributed by atoms with E-state index < -0.39 is 6.30 Å². The van der Waals surface area contributed by atoms with E-state index >= 15 is 0 Å². The molecule has 1 aliphatic rings.